The third-order valence-electron chi connectivity index (χ3n) is 5.37. The predicted octanol–water partition coefficient (Wildman–Crippen LogP) is 3.46. The van der Waals surface area contributed by atoms with Crippen LogP contribution in [0.1, 0.15) is 38.4 Å². The lowest BCUT2D eigenvalue weighted by atomic mass is 10.1. The van der Waals surface area contributed by atoms with Crippen molar-refractivity contribution in [3.05, 3.63) is 48.4 Å². The average molecular weight is 439 g/mol. The molecule has 0 radical (unpaired) electrons. The molecule has 4 rings (SSSR count). The van der Waals surface area contributed by atoms with E-state index in [4.69, 9.17) is 4.74 Å². The number of rotatable bonds is 6. The summed E-state index contributed by atoms with van der Waals surface area (Å²) in [5.74, 6) is -0.156. The Balaban J connectivity index is 1.45. The molecule has 10 nitrogen and oxygen atoms in total. The molecule has 3 heterocycles. The van der Waals surface area contributed by atoms with E-state index >= 15 is 0 Å². The first-order valence-corrected chi connectivity index (χ1v) is 10.0. The lowest BCUT2D eigenvalue weighted by Gasteiger charge is -2.15. The fourth-order valence-electron chi connectivity index (χ4n) is 3.03. The van der Waals surface area contributed by atoms with Crippen LogP contribution in [0.3, 0.4) is 0 Å². The molecule has 0 spiro atoms. The van der Waals surface area contributed by atoms with Gasteiger partial charge in [0.15, 0.2) is 5.82 Å². The van der Waals surface area contributed by atoms with Crippen molar-refractivity contribution in [2.45, 2.75) is 32.8 Å². The van der Waals surface area contributed by atoms with Crippen molar-refractivity contribution in [1.29, 1.82) is 0 Å². The van der Waals surface area contributed by atoms with E-state index in [0.29, 0.717) is 22.9 Å². The van der Waals surface area contributed by atoms with Crippen molar-refractivity contribution in [3.8, 4) is 11.4 Å². The van der Waals surface area contributed by atoms with Crippen LogP contribution in [0.5, 0.6) is 0 Å². The summed E-state index contributed by atoms with van der Waals surface area (Å²) in [6.07, 6.45) is 5.88. The SMILES string of the molecule is CC(OC(=O)Nc1c(-c2ncc(NC(=O)C3(C)CC3)cn2)cnn1C)c1cccnc1F. The standard InChI is InChI=1S/C21H22FN7O3/c1-12(14-5-4-8-23-16(14)22)32-20(31)28-18-15(11-26-29(18)3)17-24-9-13(10-25-17)27-19(30)21(2)6-7-21/h4-5,8-12H,6-7H2,1-3H3,(H,27,30)(H,28,31). The molecule has 0 aliphatic heterocycles. The van der Waals surface area contributed by atoms with Gasteiger partial charge in [-0.15, -0.1) is 0 Å². The number of anilines is 2. The minimum atomic E-state index is -0.854. The zero-order chi connectivity index (χ0) is 22.9. The quantitative estimate of drug-likeness (QED) is 0.564. The fraction of sp³-hybridized carbons (Fsp3) is 0.333. The first kappa shape index (κ1) is 21.3. The van der Waals surface area contributed by atoms with Gasteiger partial charge in [0.25, 0.3) is 0 Å². The first-order chi connectivity index (χ1) is 15.3. The van der Waals surface area contributed by atoms with Gasteiger partial charge in [0.2, 0.25) is 11.9 Å². The van der Waals surface area contributed by atoms with Crippen LogP contribution < -0.4 is 10.6 Å². The second-order valence-corrected chi connectivity index (χ2v) is 7.90. The van der Waals surface area contributed by atoms with E-state index in [2.05, 4.69) is 30.7 Å². The van der Waals surface area contributed by atoms with Crippen LogP contribution in [0.25, 0.3) is 11.4 Å². The molecule has 1 saturated carbocycles. The number of ether oxygens (including phenoxy) is 1. The molecule has 1 unspecified atom stereocenters. The summed E-state index contributed by atoms with van der Waals surface area (Å²) in [7, 11) is 1.63. The largest absolute Gasteiger partial charge is 0.441 e. The fourth-order valence-corrected chi connectivity index (χ4v) is 3.03. The van der Waals surface area contributed by atoms with Gasteiger partial charge >= 0.3 is 6.09 Å². The number of nitrogens with one attached hydrogen (secondary N) is 2. The summed E-state index contributed by atoms with van der Waals surface area (Å²) in [6.45, 7) is 3.45. The van der Waals surface area contributed by atoms with Gasteiger partial charge in [-0.2, -0.15) is 9.49 Å². The van der Waals surface area contributed by atoms with Crippen LogP contribution in [-0.4, -0.2) is 36.7 Å². The molecule has 0 saturated heterocycles. The molecule has 32 heavy (non-hydrogen) atoms. The molecular weight excluding hydrogens is 417 g/mol. The van der Waals surface area contributed by atoms with Crippen LogP contribution in [0.15, 0.2) is 36.9 Å². The molecule has 0 aromatic carbocycles. The van der Waals surface area contributed by atoms with Crippen molar-refractivity contribution in [1.82, 2.24) is 24.7 Å². The summed E-state index contributed by atoms with van der Waals surface area (Å²) in [6, 6.07) is 3.05. The molecular formula is C21H22FN7O3. The molecule has 2 N–H and O–H groups in total. The second-order valence-electron chi connectivity index (χ2n) is 7.90. The van der Waals surface area contributed by atoms with Gasteiger partial charge in [0, 0.05) is 24.2 Å². The zero-order valence-electron chi connectivity index (χ0n) is 17.8. The van der Waals surface area contributed by atoms with Gasteiger partial charge in [-0.25, -0.2) is 19.7 Å². The average Bonchev–Trinajstić information content (AvgIpc) is 3.43. The Kier molecular flexibility index (Phi) is 5.56. The molecule has 3 aromatic rings. The Morgan fingerprint density at radius 3 is 2.56 bits per heavy atom. The molecule has 166 valence electrons. The molecule has 0 bridgehead atoms. The number of hydrogen-bond donors (Lipinski definition) is 2. The smallest absolute Gasteiger partial charge is 0.413 e. The molecule has 2 amide bonds. The maximum atomic E-state index is 13.8. The summed E-state index contributed by atoms with van der Waals surface area (Å²) < 4.78 is 20.5. The summed E-state index contributed by atoms with van der Waals surface area (Å²) in [4.78, 5) is 36.7. The van der Waals surface area contributed by atoms with Crippen LogP contribution in [-0.2, 0) is 16.6 Å². The zero-order valence-corrected chi connectivity index (χ0v) is 17.8. The molecule has 1 aliphatic rings. The van der Waals surface area contributed by atoms with Crippen molar-refractivity contribution < 1.29 is 18.7 Å². The van der Waals surface area contributed by atoms with Crippen LogP contribution in [0, 0.1) is 11.4 Å². The van der Waals surface area contributed by atoms with E-state index in [1.807, 2.05) is 6.92 Å². The lowest BCUT2D eigenvalue weighted by molar-refractivity contribution is -0.120. The minimum Gasteiger partial charge on any atom is -0.441 e. The van der Waals surface area contributed by atoms with Crippen molar-refractivity contribution in [2.75, 3.05) is 10.6 Å². The van der Waals surface area contributed by atoms with E-state index < -0.39 is 18.1 Å². The third kappa shape index (κ3) is 4.41. The predicted molar refractivity (Wildman–Crippen MR) is 113 cm³/mol. The van der Waals surface area contributed by atoms with E-state index in [1.54, 1.807) is 20.0 Å². The highest BCUT2D eigenvalue weighted by molar-refractivity contribution is 5.96. The first-order valence-electron chi connectivity index (χ1n) is 10.0. The molecule has 1 atom stereocenters. The number of aryl methyl sites for hydroxylation is 1. The summed E-state index contributed by atoms with van der Waals surface area (Å²) >= 11 is 0. The second kappa shape index (κ2) is 8.33. The third-order valence-corrected chi connectivity index (χ3v) is 5.37. The highest BCUT2D eigenvalue weighted by atomic mass is 19.1. The van der Waals surface area contributed by atoms with Crippen molar-refractivity contribution >= 4 is 23.5 Å². The van der Waals surface area contributed by atoms with Crippen LogP contribution >= 0.6 is 0 Å². The minimum absolute atomic E-state index is 0.0560. The molecule has 3 aromatic heterocycles. The normalized spacial score (nSPS) is 15.0. The van der Waals surface area contributed by atoms with Gasteiger partial charge < -0.3 is 10.1 Å². The maximum Gasteiger partial charge on any atom is 0.413 e. The number of hydrogen-bond acceptors (Lipinski definition) is 7. The number of carbonyl (C=O) groups is 2. The molecule has 1 fully saturated rings. The van der Waals surface area contributed by atoms with Gasteiger partial charge in [-0.05, 0) is 31.9 Å². The molecule has 11 heteroatoms. The van der Waals surface area contributed by atoms with E-state index in [0.717, 1.165) is 12.8 Å². The Hall–Kier alpha value is -3.89. The lowest BCUT2D eigenvalue weighted by Crippen LogP contribution is -2.21. The van der Waals surface area contributed by atoms with Crippen molar-refractivity contribution in [2.24, 2.45) is 12.5 Å². The Labute approximate surface area is 183 Å². The topological polar surface area (TPSA) is 124 Å². The van der Waals surface area contributed by atoms with E-state index in [9.17, 15) is 14.0 Å². The monoisotopic (exact) mass is 439 g/mol. The Bertz CT molecular complexity index is 1160. The number of carbonyl (C=O) groups excluding carboxylic acids is 2. The number of amides is 2. The van der Waals surface area contributed by atoms with Crippen LogP contribution in [0.4, 0.5) is 20.7 Å². The highest BCUT2D eigenvalue weighted by Crippen LogP contribution is 2.45. The number of halogens is 1. The van der Waals surface area contributed by atoms with Gasteiger partial charge in [-0.3, -0.25) is 14.8 Å². The summed E-state index contributed by atoms with van der Waals surface area (Å²) in [5, 5.41) is 9.54. The van der Waals surface area contributed by atoms with E-state index in [-0.39, 0.29) is 16.9 Å². The van der Waals surface area contributed by atoms with Crippen molar-refractivity contribution in [3.63, 3.8) is 0 Å². The number of nitrogens with zero attached hydrogens (tertiary/aromatic N) is 5. The van der Waals surface area contributed by atoms with E-state index in [1.165, 1.54) is 35.5 Å². The van der Waals surface area contributed by atoms with Gasteiger partial charge in [-0.1, -0.05) is 6.92 Å². The van der Waals surface area contributed by atoms with Gasteiger partial charge in [0.1, 0.15) is 11.9 Å². The number of pyridine rings is 1. The number of aromatic nitrogens is 5. The summed E-state index contributed by atoms with van der Waals surface area (Å²) in [5.41, 5.74) is 0.789. The van der Waals surface area contributed by atoms with Gasteiger partial charge in [0.05, 0.1) is 29.8 Å². The van der Waals surface area contributed by atoms with Crippen LogP contribution in [0.2, 0.25) is 0 Å². The highest BCUT2D eigenvalue weighted by Gasteiger charge is 2.44. The Morgan fingerprint density at radius 2 is 1.91 bits per heavy atom. The molecule has 1 aliphatic carbocycles. The maximum absolute atomic E-state index is 13.8. The Morgan fingerprint density at radius 1 is 1.19 bits per heavy atom.